The Balaban J connectivity index is 1.63. The minimum absolute atomic E-state index is 0.116. The van der Waals surface area contributed by atoms with Crippen molar-refractivity contribution in [1.29, 1.82) is 0 Å². The van der Waals surface area contributed by atoms with Crippen LogP contribution in [-0.2, 0) is 11.3 Å². The van der Waals surface area contributed by atoms with Crippen molar-refractivity contribution in [3.63, 3.8) is 0 Å². The molecule has 7 nitrogen and oxygen atoms in total. The molecular formula is C23H21FN4O3. The van der Waals surface area contributed by atoms with E-state index in [1.807, 2.05) is 46.7 Å². The number of hydrogen-bond donors (Lipinski definition) is 0. The van der Waals surface area contributed by atoms with E-state index in [0.717, 1.165) is 5.56 Å². The summed E-state index contributed by atoms with van der Waals surface area (Å²) < 4.78 is 27.7. The molecule has 0 unspecified atom stereocenters. The van der Waals surface area contributed by atoms with Crippen molar-refractivity contribution >= 4 is 16.6 Å². The summed E-state index contributed by atoms with van der Waals surface area (Å²) in [6.07, 6.45) is 1.70. The number of morpholine rings is 1. The fourth-order valence-corrected chi connectivity index (χ4v) is 3.90. The summed E-state index contributed by atoms with van der Waals surface area (Å²) in [5, 5.41) is 4.29. The molecule has 0 aliphatic carbocycles. The van der Waals surface area contributed by atoms with E-state index in [2.05, 4.69) is 10.1 Å². The highest BCUT2D eigenvalue weighted by Gasteiger charge is 2.21. The average molecular weight is 420 g/mol. The van der Waals surface area contributed by atoms with Crippen molar-refractivity contribution in [2.75, 3.05) is 31.2 Å². The quantitative estimate of drug-likeness (QED) is 0.501. The third-order valence-corrected chi connectivity index (χ3v) is 5.53. The van der Waals surface area contributed by atoms with Crippen LogP contribution < -0.4 is 10.3 Å². The van der Waals surface area contributed by atoms with Gasteiger partial charge in [0.15, 0.2) is 0 Å². The second kappa shape index (κ2) is 7.96. The first-order valence-corrected chi connectivity index (χ1v) is 10.2. The van der Waals surface area contributed by atoms with Gasteiger partial charge in [0.25, 0.3) is 5.89 Å². The van der Waals surface area contributed by atoms with Crippen molar-refractivity contribution in [2.24, 2.45) is 0 Å². The number of aromatic nitrogens is 3. The maximum atomic E-state index is 15.0. The molecule has 31 heavy (non-hydrogen) atoms. The number of nitrogens with zero attached hydrogens (tertiary/aromatic N) is 4. The van der Waals surface area contributed by atoms with Gasteiger partial charge in [-0.25, -0.2) is 4.39 Å². The lowest BCUT2D eigenvalue weighted by molar-refractivity contribution is 0.122. The third-order valence-electron chi connectivity index (χ3n) is 5.53. The topological polar surface area (TPSA) is 73.4 Å². The number of rotatable bonds is 4. The van der Waals surface area contributed by atoms with E-state index in [1.54, 1.807) is 12.3 Å². The minimum Gasteiger partial charge on any atom is -0.378 e. The van der Waals surface area contributed by atoms with E-state index >= 15 is 0 Å². The summed E-state index contributed by atoms with van der Waals surface area (Å²) in [5.74, 6) is 0.0828. The molecule has 0 atom stereocenters. The monoisotopic (exact) mass is 420 g/mol. The Kier molecular flexibility index (Phi) is 4.99. The molecule has 8 heteroatoms. The molecule has 1 fully saturated rings. The lowest BCUT2D eigenvalue weighted by Crippen LogP contribution is -2.36. The van der Waals surface area contributed by atoms with Crippen LogP contribution in [-0.4, -0.2) is 41.0 Å². The third kappa shape index (κ3) is 3.48. The second-order valence-electron chi connectivity index (χ2n) is 7.37. The molecule has 158 valence electrons. The normalized spacial score (nSPS) is 14.3. The lowest BCUT2D eigenvalue weighted by atomic mass is 10.1. The molecule has 1 aliphatic heterocycles. The predicted octanol–water partition coefficient (Wildman–Crippen LogP) is 3.71. The first kappa shape index (κ1) is 19.4. The highest BCUT2D eigenvalue weighted by atomic mass is 19.1. The molecular weight excluding hydrogens is 399 g/mol. The highest BCUT2D eigenvalue weighted by Crippen LogP contribution is 2.28. The lowest BCUT2D eigenvalue weighted by Gasteiger charge is -2.29. The largest absolute Gasteiger partial charge is 0.378 e. The van der Waals surface area contributed by atoms with Crippen LogP contribution in [0.1, 0.15) is 6.92 Å². The van der Waals surface area contributed by atoms with Crippen LogP contribution in [0, 0.1) is 5.82 Å². The Bertz CT molecular complexity index is 1290. The first-order chi connectivity index (χ1) is 15.2. The number of fused-ring (bicyclic) bond motifs is 1. The van der Waals surface area contributed by atoms with E-state index < -0.39 is 5.82 Å². The predicted molar refractivity (Wildman–Crippen MR) is 116 cm³/mol. The van der Waals surface area contributed by atoms with Crippen LogP contribution in [0.5, 0.6) is 0 Å². The van der Waals surface area contributed by atoms with E-state index in [0.29, 0.717) is 49.9 Å². The molecule has 1 aliphatic rings. The number of ether oxygens (including phenoxy) is 1. The summed E-state index contributed by atoms with van der Waals surface area (Å²) in [5.41, 5.74) is 1.85. The van der Waals surface area contributed by atoms with E-state index in [1.165, 1.54) is 6.07 Å². The van der Waals surface area contributed by atoms with Gasteiger partial charge in [-0.3, -0.25) is 4.79 Å². The van der Waals surface area contributed by atoms with Crippen LogP contribution >= 0.6 is 0 Å². The highest BCUT2D eigenvalue weighted by molar-refractivity contribution is 5.86. The fraction of sp³-hybridized carbons (Fsp3) is 0.261. The van der Waals surface area contributed by atoms with Crippen LogP contribution in [0.4, 0.5) is 10.1 Å². The molecule has 3 heterocycles. The Morgan fingerprint density at radius 2 is 1.90 bits per heavy atom. The van der Waals surface area contributed by atoms with Crippen LogP contribution in [0.15, 0.2) is 58.0 Å². The van der Waals surface area contributed by atoms with Gasteiger partial charge in [0.05, 0.1) is 24.4 Å². The van der Waals surface area contributed by atoms with E-state index in [-0.39, 0.29) is 22.3 Å². The molecule has 2 aromatic heterocycles. The van der Waals surface area contributed by atoms with Gasteiger partial charge in [0.1, 0.15) is 11.4 Å². The molecule has 5 rings (SSSR count). The second-order valence-corrected chi connectivity index (χ2v) is 7.37. The van der Waals surface area contributed by atoms with Gasteiger partial charge in [-0.05, 0) is 19.1 Å². The van der Waals surface area contributed by atoms with Gasteiger partial charge in [-0.2, -0.15) is 4.98 Å². The summed E-state index contributed by atoms with van der Waals surface area (Å²) >= 11 is 0. The van der Waals surface area contributed by atoms with Gasteiger partial charge in [-0.1, -0.05) is 35.5 Å². The van der Waals surface area contributed by atoms with E-state index in [9.17, 15) is 9.18 Å². The Labute approximate surface area is 177 Å². The standard InChI is InChI=1S/C23H21FN4O3/c1-2-27-14-17(23-25-22(26-31-23)15-6-4-3-5-7-15)21(29)16-12-18(24)20(13-19(16)27)28-8-10-30-11-9-28/h3-7,12-14H,2,8-11H2,1H3. The molecule has 0 amide bonds. The van der Waals surface area contributed by atoms with Crippen molar-refractivity contribution in [2.45, 2.75) is 13.5 Å². The van der Waals surface area contributed by atoms with Gasteiger partial charge < -0.3 is 18.7 Å². The zero-order valence-corrected chi connectivity index (χ0v) is 17.0. The number of aryl methyl sites for hydroxylation is 1. The van der Waals surface area contributed by atoms with Gasteiger partial charge in [0, 0.05) is 36.8 Å². The van der Waals surface area contributed by atoms with Crippen LogP contribution in [0.3, 0.4) is 0 Å². The van der Waals surface area contributed by atoms with Crippen molar-refractivity contribution in [3.8, 4) is 22.8 Å². The molecule has 0 spiro atoms. The van der Waals surface area contributed by atoms with E-state index in [4.69, 9.17) is 9.26 Å². The minimum atomic E-state index is -0.429. The molecule has 0 radical (unpaired) electrons. The SMILES string of the molecule is CCn1cc(-c2nc(-c3ccccc3)no2)c(=O)c2cc(F)c(N3CCOCC3)cc21. The summed E-state index contributed by atoms with van der Waals surface area (Å²) in [6, 6.07) is 12.4. The zero-order chi connectivity index (χ0) is 21.4. The fourth-order valence-electron chi connectivity index (χ4n) is 3.90. The van der Waals surface area contributed by atoms with Crippen LogP contribution in [0.25, 0.3) is 33.7 Å². The van der Waals surface area contributed by atoms with Gasteiger partial charge >= 0.3 is 0 Å². The number of benzene rings is 2. The number of pyridine rings is 1. The summed E-state index contributed by atoms with van der Waals surface area (Å²) in [4.78, 5) is 19.6. The first-order valence-electron chi connectivity index (χ1n) is 10.2. The molecule has 0 bridgehead atoms. The smallest absolute Gasteiger partial charge is 0.263 e. The summed E-state index contributed by atoms with van der Waals surface area (Å²) in [7, 11) is 0. The maximum absolute atomic E-state index is 15.0. The maximum Gasteiger partial charge on any atom is 0.263 e. The number of anilines is 1. The average Bonchev–Trinajstić information content (AvgIpc) is 3.30. The zero-order valence-electron chi connectivity index (χ0n) is 17.0. The van der Waals surface area contributed by atoms with Gasteiger partial charge in [0.2, 0.25) is 11.3 Å². The van der Waals surface area contributed by atoms with Crippen molar-refractivity contribution in [3.05, 3.63) is 64.7 Å². The number of hydrogen-bond acceptors (Lipinski definition) is 6. The molecule has 4 aromatic rings. The Morgan fingerprint density at radius 1 is 1.13 bits per heavy atom. The Hall–Kier alpha value is -3.52. The van der Waals surface area contributed by atoms with Crippen molar-refractivity contribution < 1.29 is 13.7 Å². The summed E-state index contributed by atoms with van der Waals surface area (Å²) in [6.45, 7) is 4.89. The number of halogens is 1. The Morgan fingerprint density at radius 3 is 2.65 bits per heavy atom. The molecule has 0 N–H and O–H groups in total. The van der Waals surface area contributed by atoms with Crippen LogP contribution in [0.2, 0.25) is 0 Å². The molecule has 1 saturated heterocycles. The van der Waals surface area contributed by atoms with Crippen molar-refractivity contribution in [1.82, 2.24) is 14.7 Å². The molecule has 0 saturated carbocycles. The van der Waals surface area contributed by atoms with Gasteiger partial charge in [-0.15, -0.1) is 0 Å². The molecule has 2 aromatic carbocycles.